The van der Waals surface area contributed by atoms with Gasteiger partial charge in [-0.05, 0) is 18.2 Å². The number of pyridine rings is 1. The number of hydrogen-bond acceptors (Lipinski definition) is 6. The Bertz CT molecular complexity index is 1420. The number of nitriles is 2. The van der Waals surface area contributed by atoms with E-state index in [0.717, 1.165) is 10.8 Å². The number of aromatic amines is 1. The zero-order chi connectivity index (χ0) is 18.4. The van der Waals surface area contributed by atoms with Crippen LogP contribution in [0.5, 0.6) is 0 Å². The van der Waals surface area contributed by atoms with Gasteiger partial charge in [-0.15, -0.1) is 0 Å². The summed E-state index contributed by atoms with van der Waals surface area (Å²) in [7, 11) is 0. The summed E-state index contributed by atoms with van der Waals surface area (Å²) in [5, 5.41) is 22.1. The fourth-order valence-corrected chi connectivity index (χ4v) is 2.98. The van der Waals surface area contributed by atoms with Crippen molar-refractivity contribution in [1.29, 1.82) is 10.5 Å². The number of rotatable bonds is 1. The van der Waals surface area contributed by atoms with Gasteiger partial charge in [0.2, 0.25) is 5.43 Å². The quantitative estimate of drug-likeness (QED) is 0.552. The molecule has 3 heterocycles. The fourth-order valence-electron chi connectivity index (χ4n) is 2.81. The molecule has 4 aromatic rings. The van der Waals surface area contributed by atoms with Crippen LogP contribution < -0.4 is 11.0 Å². The molecule has 0 saturated heterocycles. The first kappa shape index (κ1) is 15.6. The van der Waals surface area contributed by atoms with E-state index in [4.69, 9.17) is 16.0 Å². The molecule has 124 valence electrons. The second-order valence-electron chi connectivity index (χ2n) is 5.32. The first-order valence-electron chi connectivity index (χ1n) is 7.20. The van der Waals surface area contributed by atoms with E-state index in [1.165, 1.54) is 18.5 Å². The van der Waals surface area contributed by atoms with Crippen LogP contribution in [0, 0.1) is 22.7 Å². The summed E-state index contributed by atoms with van der Waals surface area (Å²) in [6, 6.07) is 8.20. The summed E-state index contributed by atoms with van der Waals surface area (Å²) < 4.78 is 6.42. The molecule has 0 aliphatic rings. The third-order valence-electron chi connectivity index (χ3n) is 3.95. The molecule has 0 spiro atoms. The average molecular weight is 364 g/mol. The summed E-state index contributed by atoms with van der Waals surface area (Å²) in [5.74, 6) is 0. The number of halogens is 1. The molecule has 0 fully saturated rings. The Balaban J connectivity index is 2.23. The molecular formula is C17H6ClN5O3. The van der Waals surface area contributed by atoms with Crippen molar-refractivity contribution >= 4 is 28.2 Å². The van der Waals surface area contributed by atoms with E-state index in [0.29, 0.717) is 5.02 Å². The first-order valence-corrected chi connectivity index (χ1v) is 7.58. The monoisotopic (exact) mass is 363 g/mol. The highest BCUT2D eigenvalue weighted by atomic mass is 35.5. The van der Waals surface area contributed by atoms with Gasteiger partial charge >= 0.3 is 0 Å². The summed E-state index contributed by atoms with van der Waals surface area (Å²) >= 11 is 5.94. The largest absolute Gasteiger partial charge is 0.463 e. The van der Waals surface area contributed by atoms with E-state index in [-0.39, 0.29) is 38.9 Å². The Kier molecular flexibility index (Phi) is 3.36. The molecule has 0 saturated carbocycles. The highest BCUT2D eigenvalue weighted by molar-refractivity contribution is 6.31. The minimum Gasteiger partial charge on any atom is -0.463 e. The molecule has 0 aliphatic carbocycles. The van der Waals surface area contributed by atoms with E-state index < -0.39 is 11.0 Å². The van der Waals surface area contributed by atoms with Crippen LogP contribution in [0.15, 0.2) is 44.8 Å². The van der Waals surface area contributed by atoms with Crippen molar-refractivity contribution in [2.24, 2.45) is 0 Å². The van der Waals surface area contributed by atoms with Gasteiger partial charge in [-0.3, -0.25) is 14.7 Å². The van der Waals surface area contributed by atoms with Gasteiger partial charge in [0.15, 0.2) is 5.65 Å². The van der Waals surface area contributed by atoms with Crippen LogP contribution in [-0.4, -0.2) is 14.6 Å². The Morgan fingerprint density at radius 1 is 1.19 bits per heavy atom. The van der Waals surface area contributed by atoms with Gasteiger partial charge in [-0.25, -0.2) is 4.98 Å². The van der Waals surface area contributed by atoms with Gasteiger partial charge in [-0.2, -0.15) is 15.0 Å². The molecule has 9 heteroatoms. The lowest BCUT2D eigenvalue weighted by Crippen LogP contribution is -2.21. The highest BCUT2D eigenvalue weighted by Crippen LogP contribution is 2.27. The molecule has 1 N–H and O–H groups in total. The molecule has 26 heavy (non-hydrogen) atoms. The molecular weight excluding hydrogens is 358 g/mol. The smallest absolute Gasteiger partial charge is 0.289 e. The maximum atomic E-state index is 12.9. The Morgan fingerprint density at radius 2 is 1.96 bits per heavy atom. The van der Waals surface area contributed by atoms with Crippen LogP contribution in [-0.2, 0) is 0 Å². The van der Waals surface area contributed by atoms with Crippen molar-refractivity contribution in [2.75, 3.05) is 0 Å². The van der Waals surface area contributed by atoms with Crippen molar-refractivity contribution in [1.82, 2.24) is 14.6 Å². The van der Waals surface area contributed by atoms with Crippen molar-refractivity contribution in [3.05, 3.63) is 67.5 Å². The fraction of sp³-hybridized carbons (Fsp3) is 0. The lowest BCUT2D eigenvalue weighted by atomic mass is 9.97. The number of nitrogens with one attached hydrogen (secondary N) is 1. The number of fused-ring (bicyclic) bond motifs is 2. The number of hydrogen-bond donors (Lipinski definition) is 1. The Labute approximate surface area is 149 Å². The van der Waals surface area contributed by atoms with E-state index in [1.54, 1.807) is 12.1 Å². The molecule has 3 aromatic heterocycles. The normalized spacial score (nSPS) is 10.7. The second-order valence-corrected chi connectivity index (χ2v) is 5.76. The SMILES string of the molecule is N#Cc1c(-c2coc3ccc(Cl)cc3c2=O)c(C#N)c2nc[nH]n2c1=O. The molecule has 0 radical (unpaired) electrons. The predicted molar refractivity (Wildman–Crippen MR) is 91.7 cm³/mol. The maximum absolute atomic E-state index is 12.9. The predicted octanol–water partition coefficient (Wildman–Crippen LogP) is 2.19. The summed E-state index contributed by atoms with van der Waals surface area (Å²) in [4.78, 5) is 29.4. The minimum atomic E-state index is -0.723. The summed E-state index contributed by atoms with van der Waals surface area (Å²) in [5.41, 5.74) is -1.58. The molecule has 4 rings (SSSR count). The zero-order valence-corrected chi connectivity index (χ0v) is 13.5. The van der Waals surface area contributed by atoms with Crippen LogP contribution in [0.25, 0.3) is 27.7 Å². The average Bonchev–Trinajstić information content (AvgIpc) is 3.12. The van der Waals surface area contributed by atoms with Gasteiger partial charge in [-0.1, -0.05) is 11.6 Å². The third-order valence-corrected chi connectivity index (χ3v) is 4.19. The standard InChI is InChI=1S/C17H6ClN5O3/c18-8-1-2-13-9(3-8)15(24)12(6-26-13)14-10(4-19)16-21-7-22-23(16)17(25)11(14)5-20/h1-3,6-7H,(H,21,22). The maximum Gasteiger partial charge on any atom is 0.289 e. The van der Waals surface area contributed by atoms with E-state index in [2.05, 4.69) is 10.1 Å². The van der Waals surface area contributed by atoms with Crippen molar-refractivity contribution < 1.29 is 4.42 Å². The van der Waals surface area contributed by atoms with E-state index >= 15 is 0 Å². The van der Waals surface area contributed by atoms with Gasteiger partial charge in [0, 0.05) is 10.6 Å². The van der Waals surface area contributed by atoms with Gasteiger partial charge in [0.1, 0.15) is 41.4 Å². The van der Waals surface area contributed by atoms with Crippen LogP contribution >= 0.6 is 11.6 Å². The molecule has 0 unspecified atom stereocenters. The molecule has 8 nitrogen and oxygen atoms in total. The highest BCUT2D eigenvalue weighted by Gasteiger charge is 2.24. The lowest BCUT2D eigenvalue weighted by molar-refractivity contribution is 0.604. The van der Waals surface area contributed by atoms with Gasteiger partial charge in [0.05, 0.1) is 10.9 Å². The topological polar surface area (TPSA) is 128 Å². The Hall–Kier alpha value is -3.88. The summed E-state index contributed by atoms with van der Waals surface area (Å²) in [6.45, 7) is 0. The second kappa shape index (κ2) is 5.59. The number of nitrogens with zero attached hydrogens (tertiary/aromatic N) is 4. The van der Waals surface area contributed by atoms with Crippen LogP contribution in [0.3, 0.4) is 0 Å². The van der Waals surface area contributed by atoms with E-state index in [9.17, 15) is 20.1 Å². The molecule has 0 atom stereocenters. The van der Waals surface area contributed by atoms with Crippen LogP contribution in [0.4, 0.5) is 0 Å². The lowest BCUT2D eigenvalue weighted by Gasteiger charge is -2.07. The minimum absolute atomic E-state index is 0.0112. The third kappa shape index (κ3) is 2.04. The number of benzene rings is 1. The van der Waals surface area contributed by atoms with Gasteiger partial charge in [0.25, 0.3) is 5.56 Å². The van der Waals surface area contributed by atoms with E-state index in [1.807, 2.05) is 6.07 Å². The molecule has 0 bridgehead atoms. The zero-order valence-electron chi connectivity index (χ0n) is 12.8. The number of aromatic nitrogens is 3. The summed E-state index contributed by atoms with van der Waals surface area (Å²) in [6.07, 6.45) is 2.34. The van der Waals surface area contributed by atoms with Crippen molar-refractivity contribution in [2.45, 2.75) is 0 Å². The molecule has 0 amide bonds. The van der Waals surface area contributed by atoms with Crippen molar-refractivity contribution in [3.8, 4) is 23.3 Å². The van der Waals surface area contributed by atoms with Crippen LogP contribution in [0.1, 0.15) is 11.1 Å². The first-order chi connectivity index (χ1) is 12.6. The van der Waals surface area contributed by atoms with Gasteiger partial charge < -0.3 is 4.42 Å². The molecule has 1 aromatic carbocycles. The molecule has 0 aliphatic heterocycles. The van der Waals surface area contributed by atoms with Crippen molar-refractivity contribution in [3.63, 3.8) is 0 Å². The Morgan fingerprint density at radius 3 is 2.69 bits per heavy atom. The number of H-pyrrole nitrogens is 1. The van der Waals surface area contributed by atoms with Crippen LogP contribution in [0.2, 0.25) is 5.02 Å².